The Bertz CT molecular complexity index is 1200. The molecule has 2 unspecified atom stereocenters. The number of nitrogens with zero attached hydrogens (tertiary/aromatic N) is 1. The molecule has 0 spiro atoms. The monoisotopic (exact) mass is 725 g/mol. The van der Waals surface area contributed by atoms with Crippen molar-refractivity contribution in [3.8, 4) is 0 Å². The highest BCUT2D eigenvalue weighted by Crippen LogP contribution is 2.48. The first-order chi connectivity index (χ1) is 21.2. The van der Waals surface area contributed by atoms with Crippen LogP contribution in [0.4, 0.5) is 0 Å². The van der Waals surface area contributed by atoms with Crippen LogP contribution in [0.2, 0.25) is 0 Å². The van der Waals surface area contributed by atoms with Crippen LogP contribution >= 0.6 is 22.6 Å². The Labute approximate surface area is 270 Å². The Morgan fingerprint density at radius 2 is 1.66 bits per heavy atom. The lowest BCUT2D eigenvalue weighted by Gasteiger charge is -2.23. The standard InChI is InChI=1S/C30H40IN5O8/c31-29(42)30(20-22(30)7-4-12-32)35-28(41)23(19-21-5-2-1-3-6-21)34-25(38)11-15-43-17-18-44-16-13-33-24(37)10-14-36-26(39)8-9-27(36)40/h1-3,5-6,8-9,22-23H,4,7,10-20,32H2,(H,33,37)(H,34,38)(H,35,41)/t22?,23-,30?/m0/s1. The van der Waals surface area contributed by atoms with Crippen molar-refractivity contribution in [3.63, 3.8) is 0 Å². The summed E-state index contributed by atoms with van der Waals surface area (Å²) < 4.78 is 10.8. The molecule has 1 saturated carbocycles. The van der Waals surface area contributed by atoms with Gasteiger partial charge in [0.05, 0.1) is 26.4 Å². The van der Waals surface area contributed by atoms with Crippen molar-refractivity contribution in [2.24, 2.45) is 11.7 Å². The van der Waals surface area contributed by atoms with E-state index in [1.807, 2.05) is 30.3 Å². The zero-order valence-corrected chi connectivity index (χ0v) is 26.7. The van der Waals surface area contributed by atoms with Gasteiger partial charge in [-0.2, -0.15) is 0 Å². The van der Waals surface area contributed by atoms with Crippen molar-refractivity contribution in [1.29, 1.82) is 0 Å². The molecule has 44 heavy (non-hydrogen) atoms. The molecule has 1 aromatic carbocycles. The second-order valence-corrected chi connectivity index (χ2v) is 11.6. The molecule has 3 rings (SSSR count). The number of ether oxygens (including phenoxy) is 2. The average Bonchev–Trinajstić information content (AvgIpc) is 3.61. The van der Waals surface area contributed by atoms with E-state index >= 15 is 0 Å². The number of carbonyl (C=O) groups excluding carboxylic acids is 6. The zero-order valence-electron chi connectivity index (χ0n) is 24.6. The first-order valence-corrected chi connectivity index (χ1v) is 15.7. The fourth-order valence-corrected chi connectivity index (χ4v) is 5.62. The fourth-order valence-electron chi connectivity index (χ4n) is 4.82. The number of hydrogen-bond acceptors (Lipinski definition) is 9. The highest BCUT2D eigenvalue weighted by Gasteiger charge is 2.59. The van der Waals surface area contributed by atoms with Gasteiger partial charge in [0.2, 0.25) is 21.5 Å². The van der Waals surface area contributed by atoms with E-state index < -0.39 is 29.3 Å². The molecule has 0 saturated heterocycles. The minimum Gasteiger partial charge on any atom is -0.379 e. The van der Waals surface area contributed by atoms with Gasteiger partial charge >= 0.3 is 0 Å². The second-order valence-electron chi connectivity index (χ2n) is 10.6. The maximum absolute atomic E-state index is 13.3. The first-order valence-electron chi connectivity index (χ1n) is 14.7. The van der Waals surface area contributed by atoms with Crippen LogP contribution in [0.15, 0.2) is 42.5 Å². The summed E-state index contributed by atoms with van der Waals surface area (Å²) in [5.74, 6) is -1.88. The lowest BCUT2D eigenvalue weighted by Crippen LogP contribution is -2.53. The smallest absolute Gasteiger partial charge is 0.253 e. The number of halogens is 1. The summed E-state index contributed by atoms with van der Waals surface area (Å²) in [5.41, 5.74) is 5.58. The molecular formula is C30H40IN5O8. The van der Waals surface area contributed by atoms with Gasteiger partial charge in [-0.25, -0.2) is 0 Å². The van der Waals surface area contributed by atoms with Crippen LogP contribution in [-0.2, 0) is 44.7 Å². The predicted octanol–water partition coefficient (Wildman–Crippen LogP) is 0.144. The van der Waals surface area contributed by atoms with E-state index in [1.54, 1.807) is 22.6 Å². The lowest BCUT2D eigenvalue weighted by molar-refractivity contribution is -0.137. The van der Waals surface area contributed by atoms with E-state index in [-0.39, 0.29) is 80.3 Å². The van der Waals surface area contributed by atoms with E-state index in [0.717, 1.165) is 23.3 Å². The van der Waals surface area contributed by atoms with Crippen LogP contribution in [0, 0.1) is 5.92 Å². The summed E-state index contributed by atoms with van der Waals surface area (Å²) in [6, 6.07) is 8.47. The van der Waals surface area contributed by atoms with Gasteiger partial charge in [0.25, 0.3) is 11.8 Å². The summed E-state index contributed by atoms with van der Waals surface area (Å²) in [6.07, 6.45) is 4.73. The van der Waals surface area contributed by atoms with Crippen molar-refractivity contribution in [2.75, 3.05) is 46.1 Å². The highest BCUT2D eigenvalue weighted by atomic mass is 127. The van der Waals surface area contributed by atoms with Gasteiger partial charge < -0.3 is 31.2 Å². The molecule has 13 nitrogen and oxygen atoms in total. The van der Waals surface area contributed by atoms with Crippen molar-refractivity contribution in [2.45, 2.75) is 50.1 Å². The van der Waals surface area contributed by atoms with Gasteiger partial charge in [0.15, 0.2) is 0 Å². The van der Waals surface area contributed by atoms with E-state index in [1.165, 1.54) is 12.2 Å². The fraction of sp³-hybridized carbons (Fsp3) is 0.533. The molecule has 5 N–H and O–H groups in total. The second kappa shape index (κ2) is 17.9. The molecule has 14 heteroatoms. The topological polar surface area (TPSA) is 186 Å². The number of rotatable bonds is 21. The van der Waals surface area contributed by atoms with Crippen LogP contribution in [0.25, 0.3) is 0 Å². The number of imide groups is 1. The third kappa shape index (κ3) is 11.1. The molecule has 1 aromatic rings. The molecule has 5 amide bonds. The molecule has 2 aliphatic rings. The van der Waals surface area contributed by atoms with Gasteiger partial charge in [-0.1, -0.05) is 30.3 Å². The molecule has 1 heterocycles. The Kier molecular flexibility index (Phi) is 14.4. The number of carbonyl (C=O) groups is 6. The maximum atomic E-state index is 13.3. The van der Waals surface area contributed by atoms with Crippen LogP contribution in [0.5, 0.6) is 0 Å². The summed E-state index contributed by atoms with van der Waals surface area (Å²) >= 11 is 1.73. The molecule has 240 valence electrons. The van der Waals surface area contributed by atoms with Gasteiger partial charge in [0.1, 0.15) is 11.6 Å². The van der Waals surface area contributed by atoms with Crippen molar-refractivity contribution in [1.82, 2.24) is 20.9 Å². The molecule has 1 aliphatic carbocycles. The number of nitrogens with one attached hydrogen (secondary N) is 3. The lowest BCUT2D eigenvalue weighted by atomic mass is 10.0. The van der Waals surface area contributed by atoms with Crippen molar-refractivity contribution in [3.05, 3.63) is 48.0 Å². The highest BCUT2D eigenvalue weighted by molar-refractivity contribution is 14.1. The van der Waals surface area contributed by atoms with Gasteiger partial charge in [-0.15, -0.1) is 0 Å². The molecule has 3 atom stereocenters. The van der Waals surface area contributed by atoms with Gasteiger partial charge in [-0.3, -0.25) is 33.7 Å². The summed E-state index contributed by atoms with van der Waals surface area (Å²) in [7, 11) is 0. The summed E-state index contributed by atoms with van der Waals surface area (Å²) in [5, 5.41) is 8.37. The van der Waals surface area contributed by atoms with Crippen LogP contribution in [0.3, 0.4) is 0 Å². The molecule has 0 aromatic heterocycles. The number of benzene rings is 1. The Hall–Kier alpha value is -3.21. The van der Waals surface area contributed by atoms with Crippen molar-refractivity contribution >= 4 is 55.9 Å². The Morgan fingerprint density at radius 3 is 2.32 bits per heavy atom. The molecule has 0 bridgehead atoms. The third-order valence-corrected chi connectivity index (χ3v) is 8.33. The van der Waals surface area contributed by atoms with E-state index in [0.29, 0.717) is 13.0 Å². The summed E-state index contributed by atoms with van der Waals surface area (Å²) in [4.78, 5) is 74.3. The van der Waals surface area contributed by atoms with Gasteiger partial charge in [-0.05, 0) is 37.3 Å². The van der Waals surface area contributed by atoms with Crippen LogP contribution in [0.1, 0.15) is 37.7 Å². The average molecular weight is 726 g/mol. The normalized spacial score (nSPS) is 19.5. The predicted molar refractivity (Wildman–Crippen MR) is 168 cm³/mol. The first kappa shape index (κ1) is 35.3. The van der Waals surface area contributed by atoms with Crippen LogP contribution < -0.4 is 21.7 Å². The van der Waals surface area contributed by atoms with E-state index in [2.05, 4.69) is 16.0 Å². The Balaban J connectivity index is 1.32. The molecular weight excluding hydrogens is 685 g/mol. The molecule has 1 aliphatic heterocycles. The minimum atomic E-state index is -0.912. The molecule has 1 fully saturated rings. The quantitative estimate of drug-likeness (QED) is 0.0593. The number of nitrogens with two attached hydrogens (primary N) is 1. The third-order valence-electron chi connectivity index (χ3n) is 7.37. The minimum absolute atomic E-state index is 0.00474. The number of hydrogen-bond donors (Lipinski definition) is 4. The maximum Gasteiger partial charge on any atom is 0.253 e. The summed E-state index contributed by atoms with van der Waals surface area (Å²) in [6.45, 7) is 1.62. The zero-order chi connectivity index (χ0) is 32.0. The largest absolute Gasteiger partial charge is 0.379 e. The van der Waals surface area contributed by atoms with Crippen LogP contribution in [-0.4, -0.2) is 95.9 Å². The van der Waals surface area contributed by atoms with E-state index in [4.69, 9.17) is 15.2 Å². The molecule has 0 radical (unpaired) electrons. The number of amides is 5. The Morgan fingerprint density at radius 1 is 0.977 bits per heavy atom. The van der Waals surface area contributed by atoms with E-state index in [9.17, 15) is 28.8 Å². The van der Waals surface area contributed by atoms with Gasteiger partial charge in [0, 0.05) is 67.1 Å². The van der Waals surface area contributed by atoms with Crippen molar-refractivity contribution < 1.29 is 38.2 Å². The SMILES string of the molecule is NCCCC1CC1(NC(=O)[C@H](Cc1ccccc1)NC(=O)CCOCCOCCNC(=O)CCN1C(=O)C=CC1=O)C(=O)I.